The van der Waals surface area contributed by atoms with Gasteiger partial charge in [-0.05, 0) is 32.0 Å². The first-order valence-electron chi connectivity index (χ1n) is 5.21. The number of aryl methyl sites for hydroxylation is 2. The van der Waals surface area contributed by atoms with Crippen molar-refractivity contribution in [1.29, 1.82) is 0 Å². The fourth-order valence-electron chi connectivity index (χ4n) is 1.68. The van der Waals surface area contributed by atoms with Crippen molar-refractivity contribution in [2.75, 3.05) is 0 Å². The summed E-state index contributed by atoms with van der Waals surface area (Å²) in [6.07, 6.45) is 0.976. The topological polar surface area (TPSA) is 46.0 Å². The highest BCUT2D eigenvalue weighted by molar-refractivity contribution is 5.29. The zero-order chi connectivity index (χ0) is 11.5. The minimum Gasteiger partial charge on any atom is -0.382 e. The summed E-state index contributed by atoms with van der Waals surface area (Å²) in [7, 11) is 0. The van der Waals surface area contributed by atoms with Crippen LogP contribution in [0.5, 0.6) is 0 Å². The summed E-state index contributed by atoms with van der Waals surface area (Å²) in [5, 5.41) is 10.2. The quantitative estimate of drug-likeness (QED) is 0.833. The van der Waals surface area contributed by atoms with Crippen LogP contribution in [0.25, 0.3) is 0 Å². The van der Waals surface area contributed by atoms with Gasteiger partial charge < -0.3 is 5.11 Å². The van der Waals surface area contributed by atoms with Crippen LogP contribution in [0.3, 0.4) is 0 Å². The van der Waals surface area contributed by atoms with Gasteiger partial charge in [-0.2, -0.15) is 0 Å². The van der Waals surface area contributed by atoms with Gasteiger partial charge in [0.05, 0.1) is 5.69 Å². The Labute approximate surface area is 94.8 Å². The van der Waals surface area contributed by atoms with Crippen LogP contribution in [0.15, 0.2) is 36.5 Å². The molecule has 2 rings (SSSR count). The number of rotatable bonds is 2. The Morgan fingerprint density at radius 1 is 1.12 bits per heavy atom. The molecule has 0 aromatic carbocycles. The van der Waals surface area contributed by atoms with Crippen molar-refractivity contribution in [3.63, 3.8) is 0 Å². The number of hydrogen-bond donors (Lipinski definition) is 1. The molecule has 1 unspecified atom stereocenters. The largest absolute Gasteiger partial charge is 0.382 e. The molecular formula is C13H14N2O. The molecule has 2 aromatic rings. The first-order valence-corrected chi connectivity index (χ1v) is 5.21. The van der Waals surface area contributed by atoms with E-state index in [-0.39, 0.29) is 0 Å². The molecule has 16 heavy (non-hydrogen) atoms. The van der Waals surface area contributed by atoms with Gasteiger partial charge in [0, 0.05) is 23.1 Å². The van der Waals surface area contributed by atoms with Gasteiger partial charge in [0.15, 0.2) is 0 Å². The molecule has 1 atom stereocenters. The van der Waals surface area contributed by atoms with Crippen LogP contribution in [0.1, 0.15) is 28.7 Å². The summed E-state index contributed by atoms with van der Waals surface area (Å²) in [4.78, 5) is 8.47. The molecule has 0 radical (unpaired) electrons. The fourth-order valence-corrected chi connectivity index (χ4v) is 1.68. The monoisotopic (exact) mass is 214 g/mol. The Bertz CT molecular complexity index is 483. The van der Waals surface area contributed by atoms with Crippen molar-refractivity contribution in [3.8, 4) is 0 Å². The molecule has 0 spiro atoms. The van der Waals surface area contributed by atoms with Gasteiger partial charge in [-0.15, -0.1) is 0 Å². The molecule has 0 bridgehead atoms. The minimum absolute atomic E-state index is 0.649. The molecule has 0 amide bonds. The number of nitrogens with zero attached hydrogens (tertiary/aromatic N) is 2. The summed E-state index contributed by atoms with van der Waals surface area (Å²) in [5.74, 6) is 0. The van der Waals surface area contributed by atoms with Gasteiger partial charge in [0.2, 0.25) is 0 Å². The van der Waals surface area contributed by atoms with E-state index in [1.807, 2.05) is 44.2 Å². The summed E-state index contributed by atoms with van der Waals surface area (Å²) in [5.41, 5.74) is 3.26. The SMILES string of the molecule is Cc1ccc(C(O)c2ccccn2)c(C)n1. The minimum atomic E-state index is -0.700. The average Bonchev–Trinajstić information content (AvgIpc) is 2.29. The van der Waals surface area contributed by atoms with Gasteiger partial charge in [0.25, 0.3) is 0 Å². The predicted octanol–water partition coefficient (Wildman–Crippen LogP) is 2.18. The maximum absolute atomic E-state index is 10.2. The second-order valence-electron chi connectivity index (χ2n) is 3.78. The van der Waals surface area contributed by atoms with E-state index in [0.717, 1.165) is 17.0 Å². The highest BCUT2D eigenvalue weighted by atomic mass is 16.3. The number of aliphatic hydroxyl groups excluding tert-OH is 1. The van der Waals surface area contributed by atoms with E-state index >= 15 is 0 Å². The molecule has 3 nitrogen and oxygen atoms in total. The van der Waals surface area contributed by atoms with E-state index in [1.165, 1.54) is 0 Å². The lowest BCUT2D eigenvalue weighted by Gasteiger charge is -2.12. The zero-order valence-electron chi connectivity index (χ0n) is 9.38. The number of pyridine rings is 2. The highest BCUT2D eigenvalue weighted by Gasteiger charge is 2.14. The van der Waals surface area contributed by atoms with E-state index in [2.05, 4.69) is 9.97 Å². The normalized spacial score (nSPS) is 12.4. The van der Waals surface area contributed by atoms with Crippen molar-refractivity contribution in [1.82, 2.24) is 9.97 Å². The first-order chi connectivity index (χ1) is 7.68. The lowest BCUT2D eigenvalue weighted by molar-refractivity contribution is 0.214. The Hall–Kier alpha value is -1.74. The van der Waals surface area contributed by atoms with E-state index < -0.39 is 6.10 Å². The molecular weight excluding hydrogens is 200 g/mol. The molecule has 0 saturated carbocycles. The third-order valence-electron chi connectivity index (χ3n) is 2.53. The van der Waals surface area contributed by atoms with Crippen molar-refractivity contribution >= 4 is 0 Å². The lowest BCUT2D eigenvalue weighted by Crippen LogP contribution is -2.05. The van der Waals surface area contributed by atoms with Crippen LogP contribution >= 0.6 is 0 Å². The molecule has 0 saturated heterocycles. The van der Waals surface area contributed by atoms with Gasteiger partial charge in [-0.25, -0.2) is 0 Å². The van der Waals surface area contributed by atoms with Crippen LogP contribution in [-0.4, -0.2) is 15.1 Å². The highest BCUT2D eigenvalue weighted by Crippen LogP contribution is 2.22. The molecule has 2 heterocycles. The Balaban J connectivity index is 2.38. The standard InChI is InChI=1S/C13H14N2O/c1-9-6-7-11(10(2)15-9)13(16)12-5-3-4-8-14-12/h3-8,13,16H,1-2H3. The Morgan fingerprint density at radius 3 is 2.56 bits per heavy atom. The molecule has 82 valence electrons. The molecule has 2 aromatic heterocycles. The van der Waals surface area contributed by atoms with Crippen LogP contribution in [0.2, 0.25) is 0 Å². The smallest absolute Gasteiger partial charge is 0.123 e. The predicted molar refractivity (Wildman–Crippen MR) is 62.0 cm³/mol. The lowest BCUT2D eigenvalue weighted by atomic mass is 10.0. The summed E-state index contributed by atoms with van der Waals surface area (Å²) >= 11 is 0. The Morgan fingerprint density at radius 2 is 1.94 bits per heavy atom. The maximum Gasteiger partial charge on any atom is 0.123 e. The van der Waals surface area contributed by atoms with Crippen molar-refractivity contribution in [2.45, 2.75) is 20.0 Å². The number of aliphatic hydroxyl groups is 1. The maximum atomic E-state index is 10.2. The van der Waals surface area contributed by atoms with Gasteiger partial charge in [0.1, 0.15) is 6.10 Å². The van der Waals surface area contributed by atoms with Crippen molar-refractivity contribution in [3.05, 3.63) is 59.2 Å². The van der Waals surface area contributed by atoms with Crippen LogP contribution in [-0.2, 0) is 0 Å². The number of aromatic nitrogens is 2. The third kappa shape index (κ3) is 2.09. The summed E-state index contributed by atoms with van der Waals surface area (Å²) in [6.45, 7) is 3.83. The first kappa shape index (κ1) is 10.8. The van der Waals surface area contributed by atoms with Crippen molar-refractivity contribution in [2.24, 2.45) is 0 Å². The van der Waals surface area contributed by atoms with Gasteiger partial charge in [-0.3, -0.25) is 9.97 Å². The van der Waals surface area contributed by atoms with Crippen LogP contribution < -0.4 is 0 Å². The van der Waals surface area contributed by atoms with Gasteiger partial charge >= 0.3 is 0 Å². The summed E-state index contributed by atoms with van der Waals surface area (Å²) < 4.78 is 0. The molecule has 3 heteroatoms. The second kappa shape index (κ2) is 4.41. The number of hydrogen-bond acceptors (Lipinski definition) is 3. The molecule has 0 fully saturated rings. The van der Waals surface area contributed by atoms with Gasteiger partial charge in [-0.1, -0.05) is 12.1 Å². The van der Waals surface area contributed by atoms with Crippen molar-refractivity contribution < 1.29 is 5.11 Å². The molecule has 0 aliphatic rings. The average molecular weight is 214 g/mol. The summed E-state index contributed by atoms with van der Waals surface area (Å²) in [6, 6.07) is 9.30. The molecule has 0 aliphatic carbocycles. The Kier molecular flexibility index (Phi) is 2.97. The van der Waals surface area contributed by atoms with E-state index in [4.69, 9.17) is 0 Å². The zero-order valence-corrected chi connectivity index (χ0v) is 9.38. The fraction of sp³-hybridized carbons (Fsp3) is 0.231. The second-order valence-corrected chi connectivity index (χ2v) is 3.78. The van der Waals surface area contributed by atoms with E-state index in [9.17, 15) is 5.11 Å². The molecule has 0 aliphatic heterocycles. The molecule has 1 N–H and O–H groups in total. The van der Waals surface area contributed by atoms with E-state index in [1.54, 1.807) is 6.20 Å². The van der Waals surface area contributed by atoms with Crippen LogP contribution in [0.4, 0.5) is 0 Å². The van der Waals surface area contributed by atoms with E-state index in [0.29, 0.717) is 5.69 Å². The van der Waals surface area contributed by atoms with Crippen LogP contribution in [0, 0.1) is 13.8 Å². The third-order valence-corrected chi connectivity index (χ3v) is 2.53.